The maximum Gasteiger partial charge on any atom is 0.257 e. The highest BCUT2D eigenvalue weighted by molar-refractivity contribution is 6.10. The molecule has 7 nitrogen and oxygen atoms in total. The van der Waals surface area contributed by atoms with E-state index in [9.17, 15) is 18.8 Å². The van der Waals surface area contributed by atoms with E-state index in [1.165, 1.54) is 29.2 Å². The van der Waals surface area contributed by atoms with Crippen molar-refractivity contribution >= 4 is 29.1 Å². The van der Waals surface area contributed by atoms with E-state index in [4.69, 9.17) is 0 Å². The van der Waals surface area contributed by atoms with Gasteiger partial charge in [-0.2, -0.15) is 0 Å². The molecule has 0 saturated carbocycles. The Morgan fingerprint density at radius 3 is 2.18 bits per heavy atom. The Bertz CT molecular complexity index is 853. The van der Waals surface area contributed by atoms with E-state index in [1.54, 1.807) is 50.3 Å². The van der Waals surface area contributed by atoms with E-state index >= 15 is 0 Å². The van der Waals surface area contributed by atoms with Crippen molar-refractivity contribution in [2.45, 2.75) is 0 Å². The zero-order valence-electron chi connectivity index (χ0n) is 16.0. The molecule has 8 heteroatoms. The molecule has 0 spiro atoms. The van der Waals surface area contributed by atoms with E-state index in [2.05, 4.69) is 10.6 Å². The first-order valence-electron chi connectivity index (χ1n) is 8.60. The van der Waals surface area contributed by atoms with E-state index in [-0.39, 0.29) is 30.5 Å². The molecule has 0 aliphatic heterocycles. The summed E-state index contributed by atoms with van der Waals surface area (Å²) in [5, 5.41) is 5.35. The molecule has 0 heterocycles. The molecule has 2 rings (SSSR count). The number of rotatable bonds is 7. The second-order valence-corrected chi connectivity index (χ2v) is 6.52. The summed E-state index contributed by atoms with van der Waals surface area (Å²) in [6, 6.07) is 12.0. The number of para-hydroxylation sites is 1. The molecule has 2 N–H and O–H groups in total. The molecule has 0 saturated heterocycles. The van der Waals surface area contributed by atoms with Gasteiger partial charge in [0.2, 0.25) is 11.8 Å². The second-order valence-electron chi connectivity index (χ2n) is 6.52. The van der Waals surface area contributed by atoms with Crippen LogP contribution in [0.3, 0.4) is 0 Å². The summed E-state index contributed by atoms with van der Waals surface area (Å²) >= 11 is 0. The number of halogens is 1. The van der Waals surface area contributed by atoms with Crippen molar-refractivity contribution < 1.29 is 18.8 Å². The molecule has 148 valence electrons. The molecule has 3 amide bonds. The summed E-state index contributed by atoms with van der Waals surface area (Å²) in [5.74, 6) is -1.30. The van der Waals surface area contributed by atoms with Crippen LogP contribution in [0.4, 0.5) is 15.8 Å². The summed E-state index contributed by atoms with van der Waals surface area (Å²) in [6.07, 6.45) is 0. The minimum atomic E-state index is -0.432. The summed E-state index contributed by atoms with van der Waals surface area (Å²) in [6.45, 7) is 0.0978. The summed E-state index contributed by atoms with van der Waals surface area (Å²) in [5.41, 5.74) is 1.06. The minimum absolute atomic E-state index is 0.00645. The average molecular weight is 386 g/mol. The Balaban J connectivity index is 2.02. The van der Waals surface area contributed by atoms with Gasteiger partial charge in [-0.1, -0.05) is 12.1 Å². The van der Waals surface area contributed by atoms with Crippen molar-refractivity contribution in [2.24, 2.45) is 0 Å². The van der Waals surface area contributed by atoms with E-state index < -0.39 is 11.7 Å². The highest BCUT2D eigenvalue weighted by atomic mass is 19.1. The average Bonchev–Trinajstić information content (AvgIpc) is 2.63. The van der Waals surface area contributed by atoms with Gasteiger partial charge in [0.05, 0.1) is 24.3 Å². The van der Waals surface area contributed by atoms with E-state index in [1.807, 2.05) is 0 Å². The van der Waals surface area contributed by atoms with Crippen molar-refractivity contribution in [1.29, 1.82) is 0 Å². The van der Waals surface area contributed by atoms with Crippen LogP contribution in [0.1, 0.15) is 10.4 Å². The van der Waals surface area contributed by atoms with Crippen molar-refractivity contribution in [3.63, 3.8) is 0 Å². The summed E-state index contributed by atoms with van der Waals surface area (Å²) in [7, 11) is 4.95. The Kier molecular flexibility index (Phi) is 7.22. The van der Waals surface area contributed by atoms with Gasteiger partial charge < -0.3 is 15.5 Å². The Morgan fingerprint density at radius 1 is 0.893 bits per heavy atom. The van der Waals surface area contributed by atoms with Crippen molar-refractivity contribution in [1.82, 2.24) is 9.80 Å². The van der Waals surface area contributed by atoms with E-state index in [0.29, 0.717) is 11.4 Å². The molecule has 0 aromatic heterocycles. The molecule has 0 fully saturated rings. The fourth-order valence-electron chi connectivity index (χ4n) is 2.38. The minimum Gasteiger partial charge on any atom is -0.348 e. The number of nitrogens with one attached hydrogen (secondary N) is 2. The number of likely N-dealkylation sites (N-methyl/N-ethyl adjacent to an activating group) is 2. The van der Waals surface area contributed by atoms with Crippen LogP contribution in [0.25, 0.3) is 0 Å². The molecule has 0 aliphatic carbocycles. The van der Waals surface area contributed by atoms with Crippen LogP contribution in [-0.4, -0.2) is 61.8 Å². The molecule has 2 aromatic rings. The smallest absolute Gasteiger partial charge is 0.257 e. The quantitative estimate of drug-likeness (QED) is 0.763. The van der Waals surface area contributed by atoms with Gasteiger partial charge in [-0.3, -0.25) is 19.3 Å². The maximum absolute atomic E-state index is 13.0. The first-order chi connectivity index (χ1) is 13.3. The standard InChI is InChI=1S/C20H23FN4O3/c1-24(2)19(27)13-25(3)12-18(26)23-17-7-5-4-6-16(17)20(28)22-15-10-8-14(21)9-11-15/h4-11H,12-13H2,1-3H3,(H,22,28)(H,23,26). The molecule has 0 bridgehead atoms. The highest BCUT2D eigenvalue weighted by Crippen LogP contribution is 2.18. The van der Waals surface area contributed by atoms with Gasteiger partial charge in [0.1, 0.15) is 5.82 Å². The van der Waals surface area contributed by atoms with Gasteiger partial charge in [-0.05, 0) is 43.4 Å². The third kappa shape index (κ3) is 6.17. The number of hydrogen-bond acceptors (Lipinski definition) is 4. The SMILES string of the molecule is CN(CC(=O)Nc1ccccc1C(=O)Nc1ccc(F)cc1)CC(=O)N(C)C. The zero-order valence-corrected chi connectivity index (χ0v) is 16.0. The Morgan fingerprint density at radius 2 is 1.54 bits per heavy atom. The number of anilines is 2. The predicted octanol–water partition coefficient (Wildman–Crippen LogP) is 2.04. The lowest BCUT2D eigenvalue weighted by atomic mass is 10.1. The van der Waals surface area contributed by atoms with Gasteiger partial charge in [0.15, 0.2) is 0 Å². The third-order valence-electron chi connectivity index (χ3n) is 3.87. The molecule has 0 aliphatic rings. The Hall–Kier alpha value is -3.26. The number of nitrogens with zero attached hydrogens (tertiary/aromatic N) is 2. The van der Waals surface area contributed by atoms with Crippen molar-refractivity contribution in [2.75, 3.05) is 44.9 Å². The van der Waals surface area contributed by atoms with Gasteiger partial charge in [-0.25, -0.2) is 4.39 Å². The number of carbonyl (C=O) groups is 3. The van der Waals surface area contributed by atoms with E-state index in [0.717, 1.165) is 0 Å². The topological polar surface area (TPSA) is 81.8 Å². The normalized spacial score (nSPS) is 10.5. The molecule has 0 unspecified atom stereocenters. The van der Waals surface area contributed by atoms with Crippen LogP contribution in [0, 0.1) is 5.82 Å². The monoisotopic (exact) mass is 386 g/mol. The highest BCUT2D eigenvalue weighted by Gasteiger charge is 2.16. The Labute approximate surface area is 163 Å². The first-order valence-corrected chi connectivity index (χ1v) is 8.60. The number of hydrogen-bond donors (Lipinski definition) is 2. The van der Waals surface area contributed by atoms with Gasteiger partial charge in [0.25, 0.3) is 5.91 Å². The summed E-state index contributed by atoms with van der Waals surface area (Å²) < 4.78 is 13.0. The fourth-order valence-corrected chi connectivity index (χ4v) is 2.38. The predicted molar refractivity (Wildman–Crippen MR) is 106 cm³/mol. The molecule has 2 aromatic carbocycles. The number of amides is 3. The van der Waals surface area contributed by atoms with Crippen LogP contribution >= 0.6 is 0 Å². The molecular weight excluding hydrogens is 363 g/mol. The zero-order chi connectivity index (χ0) is 20.7. The van der Waals surface area contributed by atoms with Crippen molar-refractivity contribution in [3.8, 4) is 0 Å². The lowest BCUT2D eigenvalue weighted by Gasteiger charge is -2.19. The maximum atomic E-state index is 13.0. The first kappa shape index (κ1) is 21.0. The summed E-state index contributed by atoms with van der Waals surface area (Å²) in [4.78, 5) is 39.6. The number of carbonyl (C=O) groups excluding carboxylic acids is 3. The van der Waals surface area contributed by atoms with Crippen LogP contribution in [0.5, 0.6) is 0 Å². The van der Waals surface area contributed by atoms with Crippen LogP contribution in [-0.2, 0) is 9.59 Å². The van der Waals surface area contributed by atoms with Gasteiger partial charge >= 0.3 is 0 Å². The molecule has 28 heavy (non-hydrogen) atoms. The van der Waals surface area contributed by atoms with Crippen LogP contribution < -0.4 is 10.6 Å². The largest absolute Gasteiger partial charge is 0.348 e. The van der Waals surface area contributed by atoms with Gasteiger partial charge in [0, 0.05) is 19.8 Å². The molecule has 0 atom stereocenters. The number of benzene rings is 2. The van der Waals surface area contributed by atoms with Crippen molar-refractivity contribution in [3.05, 3.63) is 59.9 Å². The molecular formula is C20H23FN4O3. The van der Waals surface area contributed by atoms with Crippen LogP contribution in [0.2, 0.25) is 0 Å². The second kappa shape index (κ2) is 9.61. The lowest BCUT2D eigenvalue weighted by Crippen LogP contribution is -2.38. The van der Waals surface area contributed by atoms with Crippen LogP contribution in [0.15, 0.2) is 48.5 Å². The lowest BCUT2D eigenvalue weighted by molar-refractivity contribution is -0.130. The van der Waals surface area contributed by atoms with Gasteiger partial charge in [-0.15, -0.1) is 0 Å². The third-order valence-corrected chi connectivity index (χ3v) is 3.87. The molecule has 0 radical (unpaired) electrons. The fraction of sp³-hybridized carbons (Fsp3) is 0.250.